The second-order valence-electron chi connectivity index (χ2n) is 5.22. The molecule has 1 rings (SSSR count). The molecule has 0 fully saturated rings. The van der Waals surface area contributed by atoms with Crippen molar-refractivity contribution < 1.29 is 9.84 Å². The van der Waals surface area contributed by atoms with Gasteiger partial charge in [0.25, 0.3) is 0 Å². The van der Waals surface area contributed by atoms with Crippen LogP contribution in [-0.2, 0) is 10.5 Å². The van der Waals surface area contributed by atoms with Gasteiger partial charge in [-0.25, -0.2) is 0 Å². The van der Waals surface area contributed by atoms with Crippen LogP contribution in [0.1, 0.15) is 26.3 Å². The van der Waals surface area contributed by atoms with E-state index in [4.69, 9.17) is 17.0 Å². The van der Waals surface area contributed by atoms with E-state index in [2.05, 4.69) is 12.1 Å². The molecule has 18 heavy (non-hydrogen) atoms. The molecule has 0 heterocycles. The molecule has 1 aromatic carbocycles. The molecule has 4 heteroatoms. The Balaban J connectivity index is 2.27. The number of hydrogen-bond acceptors (Lipinski definition) is 4. The average Bonchev–Trinajstić information content (AvgIpc) is 2.33. The highest BCUT2D eigenvalue weighted by Crippen LogP contribution is 2.21. The molecule has 0 aromatic heterocycles. The smallest absolute Gasteiger partial charge is 0.220 e. The van der Waals surface area contributed by atoms with Crippen molar-refractivity contribution >= 4 is 28.4 Å². The van der Waals surface area contributed by atoms with Crippen LogP contribution in [0, 0.1) is 5.41 Å². The highest BCUT2D eigenvalue weighted by atomic mass is 32.2. The molecule has 0 amide bonds. The maximum Gasteiger partial charge on any atom is 0.220 e. The van der Waals surface area contributed by atoms with Crippen molar-refractivity contribution in [2.75, 3.05) is 6.61 Å². The molecule has 100 valence electrons. The normalized spacial score (nSPS) is 13.1. The summed E-state index contributed by atoms with van der Waals surface area (Å²) in [5.41, 5.74) is 1.03. The fourth-order valence-corrected chi connectivity index (χ4v) is 2.03. The first-order valence-corrected chi connectivity index (χ1v) is 7.30. The van der Waals surface area contributed by atoms with E-state index in [0.717, 1.165) is 5.75 Å². The average molecular weight is 284 g/mol. The predicted octanol–water partition coefficient (Wildman–Crippen LogP) is 3.63. The van der Waals surface area contributed by atoms with Gasteiger partial charge in [-0.2, -0.15) is 0 Å². The number of rotatable bonds is 4. The van der Waals surface area contributed by atoms with Crippen molar-refractivity contribution in [3.05, 3.63) is 35.9 Å². The lowest BCUT2D eigenvalue weighted by atomic mass is 9.90. The van der Waals surface area contributed by atoms with E-state index in [-0.39, 0.29) is 12.0 Å². The summed E-state index contributed by atoms with van der Waals surface area (Å²) in [7, 11) is 0. The molecule has 0 spiro atoms. The number of ether oxygens (including phenoxy) is 1. The molecule has 1 unspecified atom stereocenters. The van der Waals surface area contributed by atoms with Crippen molar-refractivity contribution in [1.29, 1.82) is 0 Å². The summed E-state index contributed by atoms with van der Waals surface area (Å²) in [5, 5.41) is 9.83. The van der Waals surface area contributed by atoms with E-state index >= 15 is 0 Å². The molecule has 1 aromatic rings. The van der Waals surface area contributed by atoms with Gasteiger partial charge in [0.05, 0.1) is 6.10 Å². The van der Waals surface area contributed by atoms with E-state index in [1.54, 1.807) is 0 Å². The lowest BCUT2D eigenvalue weighted by molar-refractivity contribution is 0.0203. The molecule has 0 aliphatic carbocycles. The predicted molar refractivity (Wildman–Crippen MR) is 81.7 cm³/mol. The molecule has 0 aliphatic heterocycles. The van der Waals surface area contributed by atoms with Crippen LogP contribution in [0.2, 0.25) is 0 Å². The SMILES string of the molecule is CC(C)(C)C(O)COC(=S)SCc1ccccc1. The molecule has 0 saturated carbocycles. The van der Waals surface area contributed by atoms with Gasteiger partial charge < -0.3 is 9.84 Å². The molecule has 1 N–H and O–H groups in total. The molecule has 1 atom stereocenters. The largest absolute Gasteiger partial charge is 0.476 e. The van der Waals surface area contributed by atoms with Gasteiger partial charge in [0, 0.05) is 5.75 Å². The number of aliphatic hydroxyl groups excluding tert-OH is 1. The van der Waals surface area contributed by atoms with E-state index in [1.807, 2.05) is 39.0 Å². The molecule has 0 bridgehead atoms. The third kappa shape index (κ3) is 5.85. The fraction of sp³-hybridized carbons (Fsp3) is 0.500. The molecule has 0 aliphatic rings. The third-order valence-corrected chi connectivity index (χ3v) is 3.86. The first-order valence-electron chi connectivity index (χ1n) is 5.91. The summed E-state index contributed by atoms with van der Waals surface area (Å²) in [4.78, 5) is 0. The fourth-order valence-electron chi connectivity index (χ4n) is 1.16. The first-order chi connectivity index (χ1) is 8.39. The van der Waals surface area contributed by atoms with Crippen molar-refractivity contribution in [1.82, 2.24) is 0 Å². The van der Waals surface area contributed by atoms with Crippen LogP contribution < -0.4 is 0 Å². The van der Waals surface area contributed by atoms with Gasteiger partial charge in [0.1, 0.15) is 6.61 Å². The lowest BCUT2D eigenvalue weighted by Gasteiger charge is -2.25. The minimum atomic E-state index is -0.507. The van der Waals surface area contributed by atoms with Gasteiger partial charge in [-0.15, -0.1) is 0 Å². The molecule has 0 saturated heterocycles. The highest BCUT2D eigenvalue weighted by Gasteiger charge is 2.22. The highest BCUT2D eigenvalue weighted by molar-refractivity contribution is 8.22. The second-order valence-corrected chi connectivity index (χ2v) is 6.79. The maximum absolute atomic E-state index is 9.83. The van der Waals surface area contributed by atoms with Crippen LogP contribution in [0.5, 0.6) is 0 Å². The first kappa shape index (κ1) is 15.5. The molecule has 0 radical (unpaired) electrons. The summed E-state index contributed by atoms with van der Waals surface area (Å²) in [5.74, 6) is 0.797. The molecular formula is C14H20O2S2. The van der Waals surface area contributed by atoms with Crippen molar-refractivity contribution in [3.63, 3.8) is 0 Å². The standard InChI is InChI=1S/C14H20O2S2/c1-14(2,3)12(15)9-16-13(17)18-10-11-7-5-4-6-8-11/h4-8,12,15H,9-10H2,1-3H3. The number of benzene rings is 1. The van der Waals surface area contributed by atoms with E-state index in [1.165, 1.54) is 17.3 Å². The quantitative estimate of drug-likeness (QED) is 0.855. The summed E-state index contributed by atoms with van der Waals surface area (Å²) < 4.78 is 5.88. The van der Waals surface area contributed by atoms with Gasteiger partial charge in [-0.05, 0) is 23.2 Å². The van der Waals surface area contributed by atoms with E-state index in [0.29, 0.717) is 4.38 Å². The molecule has 2 nitrogen and oxygen atoms in total. The van der Waals surface area contributed by atoms with Crippen LogP contribution >= 0.6 is 24.0 Å². The topological polar surface area (TPSA) is 29.5 Å². The Morgan fingerprint density at radius 3 is 2.50 bits per heavy atom. The summed E-state index contributed by atoms with van der Waals surface area (Å²) in [6.45, 7) is 6.17. The Morgan fingerprint density at radius 2 is 1.94 bits per heavy atom. The Bertz CT molecular complexity index is 371. The Hall–Kier alpha value is -0.580. The summed E-state index contributed by atoms with van der Waals surface area (Å²) >= 11 is 6.60. The van der Waals surface area contributed by atoms with Gasteiger partial charge >= 0.3 is 0 Å². The third-order valence-electron chi connectivity index (χ3n) is 2.56. The number of hydrogen-bond donors (Lipinski definition) is 1. The number of aliphatic hydroxyl groups is 1. The van der Waals surface area contributed by atoms with Crippen molar-refractivity contribution in [2.24, 2.45) is 5.41 Å². The maximum atomic E-state index is 9.83. The van der Waals surface area contributed by atoms with Gasteiger partial charge in [-0.1, -0.05) is 62.9 Å². The van der Waals surface area contributed by atoms with Crippen LogP contribution in [0.25, 0.3) is 0 Å². The van der Waals surface area contributed by atoms with E-state index in [9.17, 15) is 5.11 Å². The Kier molecular flexibility index (Phi) is 6.12. The lowest BCUT2D eigenvalue weighted by Crippen LogP contribution is -2.31. The van der Waals surface area contributed by atoms with E-state index < -0.39 is 6.10 Å². The van der Waals surface area contributed by atoms with Crippen LogP contribution in [-0.4, -0.2) is 22.2 Å². The van der Waals surface area contributed by atoms with Gasteiger partial charge in [-0.3, -0.25) is 0 Å². The van der Waals surface area contributed by atoms with Gasteiger partial charge in [0.15, 0.2) is 0 Å². The zero-order chi connectivity index (χ0) is 13.6. The zero-order valence-electron chi connectivity index (χ0n) is 11.1. The van der Waals surface area contributed by atoms with Gasteiger partial charge in [0.2, 0.25) is 4.38 Å². The van der Waals surface area contributed by atoms with Crippen LogP contribution in [0.15, 0.2) is 30.3 Å². The minimum Gasteiger partial charge on any atom is -0.476 e. The van der Waals surface area contributed by atoms with Crippen molar-refractivity contribution in [2.45, 2.75) is 32.6 Å². The zero-order valence-corrected chi connectivity index (χ0v) is 12.7. The Morgan fingerprint density at radius 1 is 1.33 bits per heavy atom. The van der Waals surface area contributed by atoms with Crippen LogP contribution in [0.3, 0.4) is 0 Å². The number of thioether (sulfide) groups is 1. The monoisotopic (exact) mass is 284 g/mol. The Labute approximate surface area is 119 Å². The molecular weight excluding hydrogens is 264 g/mol. The summed E-state index contributed by atoms with van der Waals surface area (Å²) in [6, 6.07) is 10.1. The second kappa shape index (κ2) is 7.12. The van der Waals surface area contributed by atoms with Crippen molar-refractivity contribution in [3.8, 4) is 0 Å². The number of thiocarbonyl (C=S) groups is 1. The van der Waals surface area contributed by atoms with Crippen LogP contribution in [0.4, 0.5) is 0 Å². The minimum absolute atomic E-state index is 0.181. The summed E-state index contributed by atoms with van der Waals surface area (Å²) in [6.07, 6.45) is -0.507.